The summed E-state index contributed by atoms with van der Waals surface area (Å²) >= 11 is 3.22. The van der Waals surface area contributed by atoms with Crippen molar-refractivity contribution in [1.29, 1.82) is 0 Å². The first-order valence-corrected chi connectivity index (χ1v) is 5.60. The minimum atomic E-state index is -0.491. The Bertz CT molecular complexity index is 420. The van der Waals surface area contributed by atoms with Crippen LogP contribution in [0.4, 0.5) is 11.5 Å². The topological polar surface area (TPSA) is 88.3 Å². The Hall–Kier alpha value is -1.21. The van der Waals surface area contributed by atoms with Gasteiger partial charge >= 0.3 is 0 Å². The molecule has 1 aromatic rings. The number of nitrogens with one attached hydrogen (secondary N) is 1. The van der Waals surface area contributed by atoms with Gasteiger partial charge in [-0.2, -0.15) is 0 Å². The van der Waals surface area contributed by atoms with E-state index in [1.54, 1.807) is 0 Å². The number of nitrogens with zero attached hydrogens (tertiary/aromatic N) is 2. The van der Waals surface area contributed by atoms with Gasteiger partial charge in [0.1, 0.15) is 12.0 Å². The van der Waals surface area contributed by atoms with Gasteiger partial charge in [0.25, 0.3) is 5.69 Å². The molecule has 16 heavy (non-hydrogen) atoms. The van der Waals surface area contributed by atoms with Gasteiger partial charge < -0.3 is 10.4 Å². The second-order valence-electron chi connectivity index (χ2n) is 3.75. The molecule has 0 aliphatic heterocycles. The predicted molar refractivity (Wildman–Crippen MR) is 61.2 cm³/mol. The molecule has 0 unspecified atom stereocenters. The normalized spacial score (nSPS) is 23.6. The van der Waals surface area contributed by atoms with E-state index in [1.165, 1.54) is 12.3 Å². The molecule has 0 bridgehead atoms. The van der Waals surface area contributed by atoms with Crippen LogP contribution in [-0.4, -0.2) is 27.2 Å². The Morgan fingerprint density at radius 1 is 1.62 bits per heavy atom. The third-order valence-electron chi connectivity index (χ3n) is 2.49. The third kappa shape index (κ3) is 2.30. The molecule has 0 atom stereocenters. The zero-order chi connectivity index (χ0) is 11.7. The van der Waals surface area contributed by atoms with Gasteiger partial charge in [0.2, 0.25) is 0 Å². The van der Waals surface area contributed by atoms with Crippen molar-refractivity contribution in [3.63, 3.8) is 0 Å². The highest BCUT2D eigenvalue weighted by Crippen LogP contribution is 2.29. The highest BCUT2D eigenvalue weighted by Gasteiger charge is 2.27. The fourth-order valence-electron chi connectivity index (χ4n) is 1.53. The van der Waals surface area contributed by atoms with Crippen molar-refractivity contribution < 1.29 is 10.0 Å². The molecule has 2 N–H and O–H groups in total. The molecule has 1 heterocycles. The fourth-order valence-corrected chi connectivity index (χ4v) is 1.98. The summed E-state index contributed by atoms with van der Waals surface area (Å²) in [5.74, 6) is 0.572. The lowest BCUT2D eigenvalue weighted by Crippen LogP contribution is -2.39. The number of hydrogen-bond acceptors (Lipinski definition) is 5. The van der Waals surface area contributed by atoms with Crippen LogP contribution in [0.25, 0.3) is 0 Å². The van der Waals surface area contributed by atoms with E-state index in [1.807, 2.05) is 0 Å². The van der Waals surface area contributed by atoms with Crippen LogP contribution in [0.2, 0.25) is 0 Å². The van der Waals surface area contributed by atoms with E-state index < -0.39 is 4.92 Å². The second kappa shape index (κ2) is 4.34. The van der Waals surface area contributed by atoms with Crippen LogP contribution < -0.4 is 5.32 Å². The van der Waals surface area contributed by atoms with Crippen molar-refractivity contribution >= 4 is 27.4 Å². The molecule has 0 radical (unpaired) electrons. The Labute approximate surface area is 100.0 Å². The fraction of sp³-hybridized carbons (Fsp3) is 0.444. The zero-order valence-electron chi connectivity index (χ0n) is 8.26. The smallest absolute Gasteiger partial charge is 0.288 e. The van der Waals surface area contributed by atoms with E-state index in [0.717, 1.165) is 0 Å². The van der Waals surface area contributed by atoms with Gasteiger partial charge in [-0.25, -0.2) is 4.98 Å². The van der Waals surface area contributed by atoms with Crippen LogP contribution in [-0.2, 0) is 0 Å². The van der Waals surface area contributed by atoms with Crippen molar-refractivity contribution in [3.8, 4) is 0 Å². The Morgan fingerprint density at radius 2 is 2.31 bits per heavy atom. The van der Waals surface area contributed by atoms with E-state index >= 15 is 0 Å². The quantitative estimate of drug-likeness (QED) is 0.652. The molecule has 7 heteroatoms. The molecule has 86 valence electrons. The van der Waals surface area contributed by atoms with Crippen molar-refractivity contribution in [2.75, 3.05) is 5.32 Å². The van der Waals surface area contributed by atoms with E-state index in [9.17, 15) is 10.1 Å². The maximum absolute atomic E-state index is 10.5. The molecule has 0 aromatic carbocycles. The molecule has 0 amide bonds. The predicted octanol–water partition coefficient (Wildman–Crippen LogP) is 1.69. The maximum Gasteiger partial charge on any atom is 0.288 e. The molecule has 1 aliphatic carbocycles. The highest BCUT2D eigenvalue weighted by atomic mass is 79.9. The number of aromatic nitrogens is 1. The van der Waals surface area contributed by atoms with E-state index in [-0.39, 0.29) is 17.8 Å². The molecule has 1 fully saturated rings. The zero-order valence-corrected chi connectivity index (χ0v) is 9.85. The summed E-state index contributed by atoms with van der Waals surface area (Å²) in [5, 5.41) is 22.7. The Balaban J connectivity index is 2.07. The minimum absolute atomic E-state index is 0.0499. The van der Waals surface area contributed by atoms with E-state index in [0.29, 0.717) is 23.1 Å². The molecule has 1 aromatic heterocycles. The van der Waals surface area contributed by atoms with E-state index in [4.69, 9.17) is 5.11 Å². The van der Waals surface area contributed by atoms with Gasteiger partial charge in [0, 0.05) is 12.1 Å². The molecule has 0 spiro atoms. The molecule has 1 aliphatic rings. The van der Waals surface area contributed by atoms with Gasteiger partial charge in [-0.1, -0.05) is 0 Å². The first kappa shape index (κ1) is 11.3. The second-order valence-corrected chi connectivity index (χ2v) is 4.60. The van der Waals surface area contributed by atoms with Crippen LogP contribution in [0.3, 0.4) is 0 Å². The van der Waals surface area contributed by atoms with Crippen LogP contribution in [0.1, 0.15) is 12.8 Å². The first-order chi connectivity index (χ1) is 7.56. The third-order valence-corrected chi connectivity index (χ3v) is 3.10. The lowest BCUT2D eigenvalue weighted by Gasteiger charge is -2.32. The van der Waals surface area contributed by atoms with Gasteiger partial charge in [-0.15, -0.1) is 0 Å². The van der Waals surface area contributed by atoms with Gasteiger partial charge in [0.05, 0.1) is 15.5 Å². The lowest BCUT2D eigenvalue weighted by molar-refractivity contribution is -0.385. The molecular weight excluding hydrogens is 278 g/mol. The van der Waals surface area contributed by atoms with Crippen molar-refractivity contribution in [3.05, 3.63) is 26.9 Å². The number of rotatable bonds is 3. The van der Waals surface area contributed by atoms with Crippen molar-refractivity contribution in [1.82, 2.24) is 4.98 Å². The maximum atomic E-state index is 10.5. The number of halogens is 1. The average molecular weight is 288 g/mol. The number of aliphatic hydroxyl groups is 1. The van der Waals surface area contributed by atoms with Crippen LogP contribution in [0.15, 0.2) is 16.7 Å². The summed E-state index contributed by atoms with van der Waals surface area (Å²) in [6.45, 7) is 0. The summed E-state index contributed by atoms with van der Waals surface area (Å²) in [4.78, 5) is 14.0. The summed E-state index contributed by atoms with van der Waals surface area (Å²) in [7, 11) is 0. The number of pyridine rings is 1. The number of aliphatic hydroxyl groups excluding tert-OH is 1. The molecule has 2 rings (SSSR count). The van der Waals surface area contributed by atoms with Crippen LogP contribution >= 0.6 is 15.9 Å². The largest absolute Gasteiger partial charge is 0.393 e. The SMILES string of the molecule is O=[N+]([O-])c1cnc(NC2CC(O)C2)c(Br)c1. The summed E-state index contributed by atoms with van der Waals surface area (Å²) in [6, 6.07) is 1.60. The molecule has 0 saturated heterocycles. The summed E-state index contributed by atoms with van der Waals surface area (Å²) < 4.78 is 0.558. The molecule has 1 saturated carbocycles. The summed E-state index contributed by atoms with van der Waals surface area (Å²) in [5.41, 5.74) is -0.0499. The van der Waals surface area contributed by atoms with Crippen LogP contribution in [0.5, 0.6) is 0 Å². The first-order valence-electron chi connectivity index (χ1n) is 4.81. The van der Waals surface area contributed by atoms with Gasteiger partial charge in [-0.3, -0.25) is 10.1 Å². The monoisotopic (exact) mass is 287 g/mol. The number of hydrogen-bond donors (Lipinski definition) is 2. The number of nitro groups is 1. The molecular formula is C9H10BrN3O3. The Morgan fingerprint density at radius 3 is 2.81 bits per heavy atom. The van der Waals surface area contributed by atoms with Gasteiger partial charge in [0.15, 0.2) is 0 Å². The van der Waals surface area contributed by atoms with Crippen molar-refractivity contribution in [2.45, 2.75) is 25.0 Å². The van der Waals surface area contributed by atoms with Crippen LogP contribution in [0, 0.1) is 10.1 Å². The average Bonchev–Trinajstić information content (AvgIpc) is 2.18. The van der Waals surface area contributed by atoms with Crippen molar-refractivity contribution in [2.24, 2.45) is 0 Å². The lowest BCUT2D eigenvalue weighted by atomic mass is 9.89. The van der Waals surface area contributed by atoms with E-state index in [2.05, 4.69) is 26.2 Å². The minimum Gasteiger partial charge on any atom is -0.393 e. The number of anilines is 1. The summed E-state index contributed by atoms with van der Waals surface area (Å²) in [6.07, 6.45) is 2.34. The highest BCUT2D eigenvalue weighted by molar-refractivity contribution is 9.10. The standard InChI is InChI=1S/C9H10BrN3O3/c10-8-3-6(13(15)16)4-11-9(8)12-5-1-7(14)2-5/h3-5,7,14H,1-2H2,(H,11,12). The molecule has 6 nitrogen and oxygen atoms in total. The Kier molecular flexibility index (Phi) is 3.06. The van der Waals surface area contributed by atoms with Gasteiger partial charge in [-0.05, 0) is 28.8 Å².